The van der Waals surface area contributed by atoms with E-state index < -0.39 is 18.9 Å². The van der Waals surface area contributed by atoms with Crippen molar-refractivity contribution in [1.82, 2.24) is 26.6 Å². The number of aliphatic imine (C=N–C) groups is 1. The maximum atomic E-state index is 14.9. The van der Waals surface area contributed by atoms with E-state index in [0.717, 1.165) is 107 Å². The van der Waals surface area contributed by atoms with Crippen LogP contribution in [0.2, 0.25) is 0 Å². The van der Waals surface area contributed by atoms with Crippen molar-refractivity contribution in [3.05, 3.63) is 172 Å². The summed E-state index contributed by atoms with van der Waals surface area (Å²) in [5.74, 6) is 8.38. The molecule has 6 heterocycles. The Kier molecular flexibility index (Phi) is 22.6. The third-order valence-corrected chi connectivity index (χ3v) is 27.1. The molecule has 0 radical (unpaired) electrons. The second-order valence-electron chi connectivity index (χ2n) is 30.3. The Morgan fingerprint density at radius 2 is 1.67 bits per heavy atom. The molecular formula is C81H104N8O6S2. The van der Waals surface area contributed by atoms with Gasteiger partial charge in [-0.1, -0.05) is 125 Å². The molecule has 14 nitrogen and oxygen atoms in total. The van der Waals surface area contributed by atoms with Crippen LogP contribution >= 0.6 is 21.6 Å². The van der Waals surface area contributed by atoms with Crippen LogP contribution in [-0.4, -0.2) is 115 Å². The topological polar surface area (TPSA) is 229 Å². The third kappa shape index (κ3) is 15.8. The van der Waals surface area contributed by atoms with Gasteiger partial charge in [-0.05, 0) is 255 Å². The lowest BCUT2D eigenvalue weighted by molar-refractivity contribution is -0.126. The van der Waals surface area contributed by atoms with Crippen molar-refractivity contribution in [3.63, 3.8) is 0 Å². The van der Waals surface area contributed by atoms with Crippen LogP contribution < -0.4 is 42.8 Å². The number of guanidine groups is 1. The number of aromatic hydroxyl groups is 1. The molecule has 4 aromatic carbocycles. The number of aliphatic hydroxyl groups is 2. The SMILES string of the molecule is COc1cc2c(cc1O)CC1=CNC(N)C=C1[C@@H](Cc1cccc(CCc3ccccc3)c1)[C@H]1C#CN=C(N)NC[C@@H](CCc3ccccc3)[C@@H]3CC[C@@]4([C@@H](NC[C@H](C)O)C[C@]5(C[C@H]6[C@@H]7CCNC[C@@H]7C[C@@H]7C=CCN[C@@H]67)C[C@H](CC[C@@H]54)CC(=O)CC(=O)/C=C/2CO)[C@H]3CSSC1. The number of phenolic OH excluding ortho intramolecular Hbond substituents is 1. The van der Waals surface area contributed by atoms with Crippen molar-refractivity contribution in [2.45, 2.75) is 140 Å². The lowest BCUT2D eigenvalue weighted by Crippen LogP contribution is -2.57. The highest BCUT2D eigenvalue weighted by Crippen LogP contribution is 2.73. The van der Waals surface area contributed by atoms with Crippen LogP contribution in [0.25, 0.3) is 5.57 Å². The average molecular weight is 1350 g/mol. The molecule has 6 aliphatic heterocycles. The summed E-state index contributed by atoms with van der Waals surface area (Å²) in [7, 11) is 5.46. The maximum absolute atomic E-state index is 14.9. The molecule has 17 atom stereocenters. The molecule has 16 heteroatoms. The van der Waals surface area contributed by atoms with Gasteiger partial charge in [0.1, 0.15) is 5.78 Å². The highest BCUT2D eigenvalue weighted by molar-refractivity contribution is 8.76. The Morgan fingerprint density at radius 1 is 0.887 bits per heavy atom. The molecule has 14 rings (SSSR count). The second kappa shape index (κ2) is 31.6. The van der Waals surface area contributed by atoms with Gasteiger partial charge < -0.3 is 58.1 Å². The fraction of sp³-hybridized carbons (Fsp3) is 0.543. The molecular weight excluding hydrogens is 1250 g/mol. The zero-order valence-electron chi connectivity index (χ0n) is 56.9. The summed E-state index contributed by atoms with van der Waals surface area (Å²) < 4.78 is 5.73. The minimum atomic E-state index is -0.534. The van der Waals surface area contributed by atoms with Gasteiger partial charge in [-0.2, -0.15) is 4.99 Å². The first-order chi connectivity index (χ1) is 47.3. The molecule has 97 heavy (non-hydrogen) atoms. The van der Waals surface area contributed by atoms with E-state index in [0.29, 0.717) is 102 Å². The number of dihydropyridines is 1. The highest BCUT2D eigenvalue weighted by Gasteiger charge is 2.69. The number of methoxy groups -OCH3 is 1. The van der Waals surface area contributed by atoms with E-state index in [2.05, 4.69) is 142 Å². The Bertz CT molecular complexity index is 3640. The number of fused-ring (bicyclic) bond motifs is 7. The van der Waals surface area contributed by atoms with Gasteiger partial charge in [0.2, 0.25) is 5.96 Å². The number of benzene rings is 4. The van der Waals surface area contributed by atoms with Crippen molar-refractivity contribution >= 4 is 44.7 Å². The zero-order chi connectivity index (χ0) is 67.0. The summed E-state index contributed by atoms with van der Waals surface area (Å²) in [6, 6.07) is 37.7. The van der Waals surface area contributed by atoms with Gasteiger partial charge in [0.15, 0.2) is 17.3 Å². The standard InChI is InChI=1S/C81H104N8O6S2/c1-51(91)44-87-76-43-80(42-71-66-26-29-84-45-61(66)34-57-17-10-28-85-78(57)71)41-56-21-23-75(80)81(76)27-24-67-58(22-20-53-13-7-4-8-14-53)46-89-79(83)86-30-25-59(49-96-97-50-72(67)81)69(33-55-16-9-15-54(31-55)19-18-52-11-5-3-6-12-52)70-40-77(82)88-47-62(70)35-60-37-73(94)74(95-2)39-68(60)63(48-90)36-65(93)38-64(92)32-56/h3-17,31,36-37,39-40,47,51,56-59,61,66-67,69,71-72,75-78,84-85,87-88,90-91,94H,18-24,26-29,32-35,38,41-46,48-50,82H2,1-2H3,(H3,83,86,89)/b63-36+/t51-,56+,57-,58+,59-,61-,66+,67-,69-,71-,72-,75-,76-,77?,78+,80+,81+/m0/s1. The number of carbonyl (C=O) groups excluding carboxylic acids is 2. The number of nitrogens with one attached hydrogen (secondary N) is 5. The monoisotopic (exact) mass is 1350 g/mol. The highest BCUT2D eigenvalue weighted by atomic mass is 33.1. The van der Waals surface area contributed by atoms with Gasteiger partial charge in [0, 0.05) is 73.7 Å². The number of rotatable bonds is 15. The third-order valence-electron chi connectivity index (χ3n) is 24.6. The molecule has 1 spiro atoms. The number of piperidine rings is 1. The van der Waals surface area contributed by atoms with E-state index in [-0.39, 0.29) is 76.5 Å². The smallest absolute Gasteiger partial charge is 0.202 e. The summed E-state index contributed by atoms with van der Waals surface area (Å²) >= 11 is 0. The number of nitrogens with zero attached hydrogens (tertiary/aromatic N) is 1. The molecule has 0 amide bonds. The van der Waals surface area contributed by atoms with E-state index in [1.165, 1.54) is 48.3 Å². The Morgan fingerprint density at radius 3 is 2.47 bits per heavy atom. The van der Waals surface area contributed by atoms with Crippen LogP contribution in [0.15, 0.2) is 144 Å². The Balaban J connectivity index is 0.957. The van der Waals surface area contributed by atoms with Crippen LogP contribution in [0, 0.1) is 87.9 Å². The van der Waals surface area contributed by atoms with E-state index in [9.17, 15) is 24.9 Å². The molecule has 4 aromatic rings. The molecule has 1 unspecified atom stereocenters. The number of carbonyl (C=O) groups is 2. The number of phenols is 1. The zero-order valence-corrected chi connectivity index (χ0v) is 58.6. The van der Waals surface area contributed by atoms with Crippen molar-refractivity contribution < 1.29 is 29.6 Å². The number of ether oxygens (including phenoxy) is 1. The van der Waals surface area contributed by atoms with Gasteiger partial charge >= 0.3 is 0 Å². The van der Waals surface area contributed by atoms with E-state index in [1.807, 2.05) is 34.7 Å². The van der Waals surface area contributed by atoms with Gasteiger partial charge in [-0.3, -0.25) is 9.59 Å². The molecule has 4 saturated carbocycles. The van der Waals surface area contributed by atoms with Crippen LogP contribution in [-0.2, 0) is 41.7 Å². The number of hydrogen-bond donors (Lipinski definition) is 10. The fourth-order valence-corrected chi connectivity index (χ4v) is 23.4. The first kappa shape index (κ1) is 69.4. The van der Waals surface area contributed by atoms with E-state index >= 15 is 0 Å². The molecule has 0 aromatic heterocycles. The number of allylic oxidation sites excluding steroid dienone is 3. The lowest BCUT2D eigenvalue weighted by atomic mass is 9.51. The van der Waals surface area contributed by atoms with E-state index in [1.54, 1.807) is 12.1 Å². The first-order valence-corrected chi connectivity index (χ1v) is 38.9. The average Bonchev–Trinajstić information content (AvgIpc) is 1.51. The predicted octanol–water partition coefficient (Wildman–Crippen LogP) is 10.7. The van der Waals surface area contributed by atoms with Crippen molar-refractivity contribution in [2.24, 2.45) is 92.4 Å². The number of Topliss-reactive ketones (excluding diaryl/α,β-unsaturated/α-hetero) is 1. The molecule has 5 fully saturated rings. The number of nitrogens with two attached hydrogens (primary N) is 2. The normalized spacial score (nSPS) is 33.8. The fourth-order valence-electron chi connectivity index (χ4n) is 20.5. The Labute approximate surface area is 583 Å². The summed E-state index contributed by atoms with van der Waals surface area (Å²) in [6.45, 7) is 5.58. The lowest BCUT2D eigenvalue weighted by Gasteiger charge is -2.56. The molecule has 4 aliphatic carbocycles. The van der Waals surface area contributed by atoms with Crippen LogP contribution in [0.4, 0.5) is 0 Å². The molecule has 1 saturated heterocycles. The van der Waals surface area contributed by atoms with Gasteiger partial charge in [0.25, 0.3) is 0 Å². The van der Waals surface area contributed by atoms with Crippen LogP contribution in [0.5, 0.6) is 11.5 Å². The minimum absolute atomic E-state index is 0.0677. The van der Waals surface area contributed by atoms with Crippen molar-refractivity contribution in [1.29, 1.82) is 0 Å². The molecule has 10 aliphatic rings. The molecule has 6 bridgehead atoms. The maximum Gasteiger partial charge on any atom is 0.202 e. The molecule has 12 N–H and O–H groups in total. The summed E-state index contributed by atoms with van der Waals surface area (Å²) in [4.78, 5) is 34.5. The van der Waals surface area contributed by atoms with Crippen molar-refractivity contribution in [3.8, 4) is 23.5 Å². The quantitative estimate of drug-likeness (QED) is 0.0231. The molecule has 516 valence electrons. The van der Waals surface area contributed by atoms with Crippen LogP contribution in [0.1, 0.15) is 117 Å². The largest absolute Gasteiger partial charge is 0.504 e. The van der Waals surface area contributed by atoms with Crippen LogP contribution in [0.3, 0.4) is 0 Å². The number of aryl methyl sites for hydroxylation is 3. The van der Waals surface area contributed by atoms with Gasteiger partial charge in [0.05, 0.1) is 32.4 Å². The number of ketones is 2. The van der Waals surface area contributed by atoms with Gasteiger partial charge in [-0.15, -0.1) is 0 Å². The summed E-state index contributed by atoms with van der Waals surface area (Å²) in [5, 5.41) is 53.8. The number of aliphatic hydroxyl groups excluding tert-OH is 2. The summed E-state index contributed by atoms with van der Waals surface area (Å²) in [5.41, 5.74) is 22.3. The predicted molar refractivity (Wildman–Crippen MR) is 393 cm³/mol. The first-order valence-electron chi connectivity index (χ1n) is 36.4. The minimum Gasteiger partial charge on any atom is -0.504 e. The van der Waals surface area contributed by atoms with Crippen molar-refractivity contribution in [2.75, 3.05) is 57.9 Å². The Hall–Kier alpha value is -6.13. The number of hydrogen-bond acceptors (Lipinski definition) is 16. The second-order valence-corrected chi connectivity index (χ2v) is 32.9. The van der Waals surface area contributed by atoms with Gasteiger partial charge in [-0.25, -0.2) is 0 Å². The summed E-state index contributed by atoms with van der Waals surface area (Å²) in [6.07, 6.45) is 23.5. The van der Waals surface area contributed by atoms with E-state index in [4.69, 9.17) is 21.2 Å².